The normalized spacial score (nSPS) is 16.0. The monoisotopic (exact) mass is 345 g/mol. The molecule has 0 bridgehead atoms. The van der Waals surface area contributed by atoms with Gasteiger partial charge < -0.3 is 16.0 Å². The average Bonchev–Trinajstić information content (AvgIpc) is 2.69. The molecule has 2 aromatic carbocycles. The zero-order chi connectivity index (χ0) is 17.9. The van der Waals surface area contributed by atoms with Crippen molar-refractivity contribution in [3.05, 3.63) is 83.6 Å². The van der Waals surface area contributed by atoms with Gasteiger partial charge in [-0.3, -0.25) is 4.79 Å². The summed E-state index contributed by atoms with van der Waals surface area (Å²) in [5.74, 6) is 0.433. The van der Waals surface area contributed by atoms with Gasteiger partial charge in [0.05, 0.1) is 0 Å². The van der Waals surface area contributed by atoms with E-state index in [0.717, 1.165) is 12.2 Å². The van der Waals surface area contributed by atoms with Crippen molar-refractivity contribution in [2.75, 3.05) is 16.8 Å². The number of carbonyl (C=O) groups is 1. The Labute approximate surface area is 151 Å². The van der Waals surface area contributed by atoms with Gasteiger partial charge in [-0.25, -0.2) is 0 Å². The Hall–Kier alpha value is -3.25. The summed E-state index contributed by atoms with van der Waals surface area (Å²) in [6.07, 6.45) is 0. The van der Waals surface area contributed by atoms with E-state index < -0.39 is 0 Å². The number of rotatable bonds is 3. The number of nitrogens with one attached hydrogen (secondary N) is 1. The van der Waals surface area contributed by atoms with Crippen LogP contribution in [-0.4, -0.2) is 22.6 Å². The number of nitrogens with two attached hydrogens (primary N) is 1. The molecule has 1 aliphatic heterocycles. The highest BCUT2D eigenvalue weighted by molar-refractivity contribution is 6.02. The third-order valence-electron chi connectivity index (χ3n) is 4.47. The average molecular weight is 345 g/mol. The lowest BCUT2D eigenvalue weighted by Gasteiger charge is -2.33. The maximum absolute atomic E-state index is 12.3. The fraction of sp³-hybridized carbons (Fsp3) is 0.150. The molecule has 3 N–H and O–H groups in total. The summed E-state index contributed by atoms with van der Waals surface area (Å²) >= 11 is 0. The molecule has 6 nitrogen and oxygen atoms in total. The molecule has 0 aliphatic carbocycles. The molecule has 0 saturated heterocycles. The van der Waals surface area contributed by atoms with Crippen LogP contribution in [0.3, 0.4) is 0 Å². The Morgan fingerprint density at radius 3 is 2.54 bits per heavy atom. The first-order valence-corrected chi connectivity index (χ1v) is 8.49. The highest BCUT2D eigenvalue weighted by atomic mass is 16.1. The highest BCUT2D eigenvalue weighted by Gasteiger charge is 2.23. The van der Waals surface area contributed by atoms with E-state index in [2.05, 4.69) is 32.5 Å². The molecule has 0 spiro atoms. The fourth-order valence-corrected chi connectivity index (χ4v) is 3.15. The summed E-state index contributed by atoms with van der Waals surface area (Å²) in [7, 11) is 0. The van der Waals surface area contributed by atoms with Gasteiger partial charge in [-0.2, -0.15) is 0 Å². The van der Waals surface area contributed by atoms with Gasteiger partial charge in [0.1, 0.15) is 0 Å². The number of anilines is 2. The lowest BCUT2D eigenvalue weighted by Crippen LogP contribution is -2.37. The molecule has 1 atom stereocenters. The molecule has 6 heteroatoms. The Kier molecular flexibility index (Phi) is 4.33. The van der Waals surface area contributed by atoms with Crippen LogP contribution >= 0.6 is 0 Å². The summed E-state index contributed by atoms with van der Waals surface area (Å²) in [6.45, 7) is 1.40. The second-order valence-electron chi connectivity index (χ2n) is 6.28. The predicted octanol–water partition coefficient (Wildman–Crippen LogP) is 2.75. The molecule has 1 unspecified atom stereocenters. The molecule has 1 amide bonds. The fourth-order valence-electron chi connectivity index (χ4n) is 3.15. The van der Waals surface area contributed by atoms with Crippen LogP contribution in [0, 0.1) is 0 Å². The Morgan fingerprint density at radius 1 is 1.00 bits per heavy atom. The molecule has 4 rings (SSSR count). The number of benzene rings is 2. The van der Waals surface area contributed by atoms with Crippen LogP contribution in [0.4, 0.5) is 11.5 Å². The van der Waals surface area contributed by atoms with Crippen molar-refractivity contribution in [1.29, 1.82) is 0 Å². The van der Waals surface area contributed by atoms with Crippen molar-refractivity contribution in [1.82, 2.24) is 10.2 Å². The van der Waals surface area contributed by atoms with Crippen LogP contribution in [0.15, 0.2) is 66.7 Å². The van der Waals surface area contributed by atoms with Crippen molar-refractivity contribution in [2.24, 2.45) is 5.73 Å². The number of para-hydroxylation sites is 1. The number of fused-ring (bicyclic) bond motifs is 1. The van der Waals surface area contributed by atoms with Gasteiger partial charge in [0.25, 0.3) is 5.91 Å². The SMILES string of the molecule is NC1CN(c2ccc(C(=O)Nc3ccccc3)nn2)Cc2ccccc21. The first-order chi connectivity index (χ1) is 12.7. The van der Waals surface area contributed by atoms with Crippen molar-refractivity contribution in [2.45, 2.75) is 12.6 Å². The molecule has 26 heavy (non-hydrogen) atoms. The van der Waals surface area contributed by atoms with E-state index in [0.29, 0.717) is 12.4 Å². The number of carbonyl (C=O) groups excluding carboxylic acids is 1. The van der Waals surface area contributed by atoms with Crippen LogP contribution in [0.25, 0.3) is 0 Å². The van der Waals surface area contributed by atoms with Crippen molar-refractivity contribution in [3.63, 3.8) is 0 Å². The maximum atomic E-state index is 12.3. The Bertz CT molecular complexity index is 911. The second kappa shape index (κ2) is 6.93. The largest absolute Gasteiger partial charge is 0.349 e. The van der Waals surface area contributed by atoms with Crippen LogP contribution in [0.5, 0.6) is 0 Å². The topological polar surface area (TPSA) is 84.1 Å². The lowest BCUT2D eigenvalue weighted by atomic mass is 9.96. The number of aromatic nitrogens is 2. The van der Waals surface area contributed by atoms with E-state index in [-0.39, 0.29) is 17.6 Å². The first kappa shape index (κ1) is 16.2. The summed E-state index contributed by atoms with van der Waals surface area (Å²) < 4.78 is 0. The van der Waals surface area contributed by atoms with E-state index in [1.807, 2.05) is 48.5 Å². The van der Waals surface area contributed by atoms with E-state index in [9.17, 15) is 4.79 Å². The zero-order valence-electron chi connectivity index (χ0n) is 14.2. The molecule has 2 heterocycles. The number of nitrogens with zero attached hydrogens (tertiary/aromatic N) is 3. The second-order valence-corrected chi connectivity index (χ2v) is 6.28. The van der Waals surface area contributed by atoms with Gasteiger partial charge in [-0.05, 0) is 35.4 Å². The van der Waals surface area contributed by atoms with Crippen LogP contribution in [-0.2, 0) is 6.54 Å². The standard InChI is InChI=1S/C20H19N5O/c21-17-13-25(12-14-6-4-5-9-16(14)17)19-11-10-18(23-24-19)20(26)22-15-7-2-1-3-8-15/h1-11,17H,12-13,21H2,(H,22,26). The number of amides is 1. The molecule has 0 radical (unpaired) electrons. The Morgan fingerprint density at radius 2 is 1.77 bits per heavy atom. The molecule has 0 saturated carbocycles. The van der Waals surface area contributed by atoms with Crippen LogP contribution in [0.2, 0.25) is 0 Å². The molecule has 3 aromatic rings. The third kappa shape index (κ3) is 3.27. The van der Waals surface area contributed by atoms with Crippen LogP contribution < -0.4 is 16.0 Å². The third-order valence-corrected chi connectivity index (χ3v) is 4.47. The van der Waals surface area contributed by atoms with Gasteiger partial charge in [-0.1, -0.05) is 42.5 Å². The molecule has 1 aliphatic rings. The first-order valence-electron chi connectivity index (χ1n) is 8.49. The van der Waals surface area contributed by atoms with E-state index in [1.165, 1.54) is 11.1 Å². The minimum Gasteiger partial charge on any atom is -0.349 e. The number of hydrogen-bond donors (Lipinski definition) is 2. The highest BCUT2D eigenvalue weighted by Crippen LogP contribution is 2.27. The molecular weight excluding hydrogens is 326 g/mol. The minimum absolute atomic E-state index is 0.0668. The molecule has 0 fully saturated rings. The molecular formula is C20H19N5O. The summed E-state index contributed by atoms with van der Waals surface area (Å²) in [6, 6.07) is 20.9. The minimum atomic E-state index is -0.282. The number of hydrogen-bond acceptors (Lipinski definition) is 5. The molecule has 1 aromatic heterocycles. The summed E-state index contributed by atoms with van der Waals surface area (Å²) in [5.41, 5.74) is 9.66. The van der Waals surface area contributed by atoms with Gasteiger partial charge >= 0.3 is 0 Å². The van der Waals surface area contributed by atoms with Crippen LogP contribution in [0.1, 0.15) is 27.7 Å². The van der Waals surface area contributed by atoms with Gasteiger partial charge in [0.2, 0.25) is 0 Å². The maximum Gasteiger partial charge on any atom is 0.276 e. The van der Waals surface area contributed by atoms with Crippen molar-refractivity contribution in [3.8, 4) is 0 Å². The summed E-state index contributed by atoms with van der Waals surface area (Å²) in [4.78, 5) is 14.4. The zero-order valence-corrected chi connectivity index (χ0v) is 14.2. The van der Waals surface area contributed by atoms with E-state index in [1.54, 1.807) is 6.07 Å². The van der Waals surface area contributed by atoms with E-state index in [4.69, 9.17) is 5.73 Å². The Balaban J connectivity index is 1.49. The predicted molar refractivity (Wildman–Crippen MR) is 101 cm³/mol. The lowest BCUT2D eigenvalue weighted by molar-refractivity contribution is 0.102. The van der Waals surface area contributed by atoms with E-state index >= 15 is 0 Å². The smallest absolute Gasteiger partial charge is 0.276 e. The van der Waals surface area contributed by atoms with Crippen molar-refractivity contribution < 1.29 is 4.79 Å². The van der Waals surface area contributed by atoms with Gasteiger partial charge in [-0.15, -0.1) is 10.2 Å². The quantitative estimate of drug-likeness (QED) is 0.762. The van der Waals surface area contributed by atoms with Gasteiger partial charge in [0.15, 0.2) is 11.5 Å². The van der Waals surface area contributed by atoms with Gasteiger partial charge in [0, 0.05) is 24.8 Å². The molecule has 130 valence electrons. The summed E-state index contributed by atoms with van der Waals surface area (Å²) in [5, 5.41) is 11.1. The van der Waals surface area contributed by atoms with Crippen molar-refractivity contribution >= 4 is 17.4 Å².